The van der Waals surface area contributed by atoms with Crippen molar-refractivity contribution in [1.82, 2.24) is 15.4 Å². The van der Waals surface area contributed by atoms with Gasteiger partial charge >= 0.3 is 0 Å². The van der Waals surface area contributed by atoms with Gasteiger partial charge in [-0.05, 0) is 18.2 Å². The Hall–Kier alpha value is -3.20. The molecule has 0 aliphatic heterocycles. The summed E-state index contributed by atoms with van der Waals surface area (Å²) >= 11 is 5.73. The van der Waals surface area contributed by atoms with Crippen molar-refractivity contribution >= 4 is 29.1 Å². The fourth-order valence-corrected chi connectivity index (χ4v) is 2.00. The largest absolute Gasteiger partial charge is 0.306 e. The fourth-order valence-electron chi connectivity index (χ4n) is 1.83. The maximum atomic E-state index is 12.0. The Morgan fingerprint density at radius 2 is 1.96 bits per heavy atom. The van der Waals surface area contributed by atoms with Gasteiger partial charge < -0.3 is 4.57 Å². The lowest BCUT2D eigenvalue weighted by Crippen LogP contribution is -2.44. The highest BCUT2D eigenvalue weighted by molar-refractivity contribution is 6.31. The maximum absolute atomic E-state index is 12.0. The second kappa shape index (κ2) is 7.38. The number of benzene rings is 1. The lowest BCUT2D eigenvalue weighted by molar-refractivity contribution is -0.385. The predicted molar refractivity (Wildman–Crippen MR) is 84.4 cm³/mol. The molecular formula is C14H11ClN4O5. The van der Waals surface area contributed by atoms with Gasteiger partial charge in [0.05, 0.1) is 4.92 Å². The van der Waals surface area contributed by atoms with E-state index in [2.05, 4.69) is 5.43 Å². The Balaban J connectivity index is 2.04. The minimum Gasteiger partial charge on any atom is -0.306 e. The number of nitro groups is 1. The van der Waals surface area contributed by atoms with E-state index in [1.54, 1.807) is 6.07 Å². The standard InChI is InChI=1S/C14H11ClN4O5/c15-9-4-5-11(19(23)24)10(7-9)14(22)17-16-12(20)8-18-6-2-1-3-13(18)21/h1-7H,8H2,(H,16,20)(H,17,22). The molecule has 1 aromatic heterocycles. The van der Waals surface area contributed by atoms with Crippen LogP contribution >= 0.6 is 11.6 Å². The summed E-state index contributed by atoms with van der Waals surface area (Å²) in [5.74, 6) is -1.58. The molecule has 0 radical (unpaired) electrons. The Bertz CT molecular complexity index is 864. The van der Waals surface area contributed by atoms with Crippen LogP contribution in [0.5, 0.6) is 0 Å². The number of aromatic nitrogens is 1. The van der Waals surface area contributed by atoms with Gasteiger partial charge in [-0.25, -0.2) is 0 Å². The number of rotatable bonds is 4. The number of hydrogen-bond donors (Lipinski definition) is 2. The predicted octanol–water partition coefficient (Wildman–Crippen LogP) is 0.871. The van der Waals surface area contributed by atoms with Gasteiger partial charge in [0.15, 0.2) is 0 Å². The van der Waals surface area contributed by atoms with Crippen molar-refractivity contribution in [3.63, 3.8) is 0 Å². The van der Waals surface area contributed by atoms with Crippen LogP contribution in [0.3, 0.4) is 0 Å². The smallest absolute Gasteiger partial charge is 0.282 e. The first-order chi connectivity index (χ1) is 11.4. The molecule has 0 spiro atoms. The summed E-state index contributed by atoms with van der Waals surface area (Å²) in [4.78, 5) is 45.4. The molecule has 1 heterocycles. The van der Waals surface area contributed by atoms with Crippen LogP contribution in [0.1, 0.15) is 10.4 Å². The van der Waals surface area contributed by atoms with E-state index < -0.39 is 22.4 Å². The van der Waals surface area contributed by atoms with Crippen molar-refractivity contribution < 1.29 is 14.5 Å². The maximum Gasteiger partial charge on any atom is 0.282 e. The Labute approximate surface area is 140 Å². The molecule has 10 heteroatoms. The molecule has 2 aromatic rings. The first-order valence-corrected chi connectivity index (χ1v) is 6.95. The molecule has 0 saturated heterocycles. The third-order valence-electron chi connectivity index (χ3n) is 2.93. The molecule has 0 aliphatic rings. The highest BCUT2D eigenvalue weighted by atomic mass is 35.5. The summed E-state index contributed by atoms with van der Waals surface area (Å²) in [7, 11) is 0. The van der Waals surface area contributed by atoms with Gasteiger partial charge in [0.25, 0.3) is 23.1 Å². The van der Waals surface area contributed by atoms with Gasteiger partial charge in [0, 0.05) is 23.4 Å². The van der Waals surface area contributed by atoms with E-state index in [-0.39, 0.29) is 22.7 Å². The number of nitro benzene ring substituents is 1. The third kappa shape index (κ3) is 4.17. The Kier molecular flexibility index (Phi) is 5.27. The topological polar surface area (TPSA) is 123 Å². The van der Waals surface area contributed by atoms with Gasteiger partial charge in [0.1, 0.15) is 12.1 Å². The molecule has 0 unspecified atom stereocenters. The molecule has 1 aromatic carbocycles. The zero-order valence-corrected chi connectivity index (χ0v) is 12.8. The number of hydrogen-bond acceptors (Lipinski definition) is 5. The van der Waals surface area contributed by atoms with Crippen molar-refractivity contribution in [3.8, 4) is 0 Å². The molecule has 24 heavy (non-hydrogen) atoms. The van der Waals surface area contributed by atoms with Gasteiger partial charge in [-0.2, -0.15) is 0 Å². The normalized spacial score (nSPS) is 10.0. The Morgan fingerprint density at radius 3 is 2.62 bits per heavy atom. The highest BCUT2D eigenvalue weighted by Crippen LogP contribution is 2.22. The molecule has 2 N–H and O–H groups in total. The van der Waals surface area contributed by atoms with Crippen LogP contribution in [0.15, 0.2) is 47.4 Å². The molecule has 2 rings (SSSR count). The van der Waals surface area contributed by atoms with E-state index in [4.69, 9.17) is 11.6 Å². The molecule has 0 atom stereocenters. The van der Waals surface area contributed by atoms with Crippen LogP contribution < -0.4 is 16.4 Å². The lowest BCUT2D eigenvalue weighted by atomic mass is 10.2. The molecule has 124 valence electrons. The molecule has 0 saturated carbocycles. The lowest BCUT2D eigenvalue weighted by Gasteiger charge is -2.09. The van der Waals surface area contributed by atoms with Crippen LogP contribution in [0, 0.1) is 10.1 Å². The molecule has 0 fully saturated rings. The van der Waals surface area contributed by atoms with Crippen molar-refractivity contribution in [2.24, 2.45) is 0 Å². The van der Waals surface area contributed by atoms with Gasteiger partial charge in [-0.1, -0.05) is 17.7 Å². The average molecular weight is 351 g/mol. The minimum atomic E-state index is -0.905. The van der Waals surface area contributed by atoms with E-state index >= 15 is 0 Å². The summed E-state index contributed by atoms with van der Waals surface area (Å²) in [6.45, 7) is -0.322. The van der Waals surface area contributed by atoms with Crippen molar-refractivity contribution in [1.29, 1.82) is 0 Å². The quantitative estimate of drug-likeness (QED) is 0.625. The van der Waals surface area contributed by atoms with Crippen molar-refractivity contribution in [2.45, 2.75) is 6.54 Å². The van der Waals surface area contributed by atoms with Gasteiger partial charge in [0.2, 0.25) is 0 Å². The monoisotopic (exact) mass is 350 g/mol. The molecular weight excluding hydrogens is 340 g/mol. The first kappa shape index (κ1) is 17.2. The summed E-state index contributed by atoms with van der Waals surface area (Å²) < 4.78 is 1.13. The van der Waals surface area contributed by atoms with E-state index in [0.717, 1.165) is 16.7 Å². The third-order valence-corrected chi connectivity index (χ3v) is 3.16. The second-order valence-electron chi connectivity index (χ2n) is 4.59. The summed E-state index contributed by atoms with van der Waals surface area (Å²) in [5.41, 5.74) is 2.98. The molecule has 0 aliphatic carbocycles. The number of amides is 2. The zero-order chi connectivity index (χ0) is 17.7. The van der Waals surface area contributed by atoms with Gasteiger partial charge in [-0.3, -0.25) is 35.3 Å². The van der Waals surface area contributed by atoms with Crippen molar-refractivity contribution in [3.05, 3.63) is 73.6 Å². The number of carbonyl (C=O) groups is 2. The van der Waals surface area contributed by atoms with E-state index in [9.17, 15) is 24.5 Å². The van der Waals surface area contributed by atoms with Crippen LogP contribution in [-0.2, 0) is 11.3 Å². The molecule has 0 bridgehead atoms. The van der Waals surface area contributed by atoms with Crippen LogP contribution in [-0.4, -0.2) is 21.3 Å². The summed E-state index contributed by atoms with van der Waals surface area (Å²) in [6.07, 6.45) is 1.41. The number of nitrogens with zero attached hydrogens (tertiary/aromatic N) is 2. The first-order valence-electron chi connectivity index (χ1n) is 6.57. The van der Waals surface area contributed by atoms with E-state index in [1.807, 2.05) is 5.43 Å². The number of halogens is 1. The number of hydrazine groups is 1. The Morgan fingerprint density at radius 1 is 1.21 bits per heavy atom. The van der Waals surface area contributed by atoms with Crippen LogP contribution in [0.25, 0.3) is 0 Å². The summed E-state index contributed by atoms with van der Waals surface area (Å²) in [6, 6.07) is 7.85. The fraction of sp³-hybridized carbons (Fsp3) is 0.0714. The van der Waals surface area contributed by atoms with Crippen molar-refractivity contribution in [2.75, 3.05) is 0 Å². The van der Waals surface area contributed by atoms with Crippen LogP contribution in [0.2, 0.25) is 5.02 Å². The average Bonchev–Trinajstić information content (AvgIpc) is 2.54. The number of carbonyl (C=O) groups excluding carboxylic acids is 2. The SMILES string of the molecule is O=C(Cn1ccccc1=O)NNC(=O)c1cc(Cl)ccc1[N+](=O)[O-]. The van der Waals surface area contributed by atoms with E-state index in [0.29, 0.717) is 0 Å². The second-order valence-corrected chi connectivity index (χ2v) is 5.02. The number of nitrogens with one attached hydrogen (secondary N) is 2. The molecule has 2 amide bonds. The summed E-state index contributed by atoms with van der Waals surface area (Å²) in [5, 5.41) is 11.0. The van der Waals surface area contributed by atoms with E-state index in [1.165, 1.54) is 24.4 Å². The van der Waals surface area contributed by atoms with Crippen LogP contribution in [0.4, 0.5) is 5.69 Å². The zero-order valence-electron chi connectivity index (χ0n) is 12.1. The molecule has 9 nitrogen and oxygen atoms in total. The highest BCUT2D eigenvalue weighted by Gasteiger charge is 2.20. The minimum absolute atomic E-state index is 0.132. The van der Waals surface area contributed by atoms with Gasteiger partial charge in [-0.15, -0.1) is 0 Å². The number of pyridine rings is 1.